The Bertz CT molecular complexity index is 397. The van der Waals surface area contributed by atoms with Crippen LogP contribution in [0.2, 0.25) is 0 Å². The molecule has 1 aliphatic heterocycles. The van der Waals surface area contributed by atoms with Crippen LogP contribution in [0, 0.1) is 11.8 Å². The summed E-state index contributed by atoms with van der Waals surface area (Å²) in [6.07, 6.45) is 6.41. The van der Waals surface area contributed by atoms with Crippen LogP contribution in [0.4, 0.5) is 0 Å². The van der Waals surface area contributed by atoms with Crippen LogP contribution in [0.1, 0.15) is 46.0 Å². The van der Waals surface area contributed by atoms with Crippen LogP contribution in [-0.2, 0) is 9.84 Å². The molecule has 0 radical (unpaired) electrons. The second-order valence-electron chi connectivity index (χ2n) is 6.86. The predicted molar refractivity (Wildman–Crippen MR) is 88.3 cm³/mol. The van der Waals surface area contributed by atoms with E-state index >= 15 is 0 Å². The van der Waals surface area contributed by atoms with Crippen molar-refractivity contribution in [1.29, 1.82) is 0 Å². The number of rotatable bonds is 6. The number of nitrogens with zero attached hydrogens (tertiary/aromatic N) is 1. The third kappa shape index (κ3) is 5.22. The van der Waals surface area contributed by atoms with E-state index in [4.69, 9.17) is 0 Å². The molecule has 0 aromatic rings. The SMILES string of the molecule is CCCNC1CCC(CC)CC1CN1CCS(=O)(=O)CC1. The van der Waals surface area contributed by atoms with Gasteiger partial charge in [0.15, 0.2) is 9.84 Å². The molecule has 0 spiro atoms. The van der Waals surface area contributed by atoms with Crippen LogP contribution < -0.4 is 5.32 Å². The van der Waals surface area contributed by atoms with Crippen LogP contribution in [0.5, 0.6) is 0 Å². The molecule has 2 aliphatic rings. The summed E-state index contributed by atoms with van der Waals surface area (Å²) in [7, 11) is -2.76. The normalized spacial score (nSPS) is 33.9. The van der Waals surface area contributed by atoms with Gasteiger partial charge in [0.1, 0.15) is 0 Å². The molecular formula is C16H32N2O2S. The first-order valence-corrected chi connectivity index (χ1v) is 10.5. The van der Waals surface area contributed by atoms with E-state index in [1.165, 1.54) is 32.1 Å². The Morgan fingerprint density at radius 3 is 2.48 bits per heavy atom. The molecule has 0 bridgehead atoms. The Morgan fingerprint density at radius 1 is 1.14 bits per heavy atom. The quantitative estimate of drug-likeness (QED) is 0.813. The van der Waals surface area contributed by atoms with Gasteiger partial charge >= 0.3 is 0 Å². The average Bonchev–Trinajstić information content (AvgIpc) is 2.48. The molecule has 4 nitrogen and oxygen atoms in total. The van der Waals surface area contributed by atoms with E-state index in [2.05, 4.69) is 24.1 Å². The fraction of sp³-hybridized carbons (Fsp3) is 1.00. The summed E-state index contributed by atoms with van der Waals surface area (Å²) in [4.78, 5) is 2.38. The summed E-state index contributed by atoms with van der Waals surface area (Å²) < 4.78 is 23.1. The highest BCUT2D eigenvalue weighted by atomic mass is 32.2. The molecule has 21 heavy (non-hydrogen) atoms. The standard InChI is InChI=1S/C16H32N2O2S/c1-3-7-17-16-6-5-14(4-2)12-15(16)13-18-8-10-21(19,20)11-9-18/h14-17H,3-13H2,1-2H3. The van der Waals surface area contributed by atoms with Crippen molar-refractivity contribution in [1.82, 2.24) is 10.2 Å². The van der Waals surface area contributed by atoms with Crippen molar-refractivity contribution in [3.8, 4) is 0 Å². The van der Waals surface area contributed by atoms with Crippen LogP contribution in [-0.4, -0.2) is 57.0 Å². The van der Waals surface area contributed by atoms with E-state index in [1.54, 1.807) is 0 Å². The molecule has 1 saturated carbocycles. The Hall–Kier alpha value is -0.130. The van der Waals surface area contributed by atoms with Crippen LogP contribution in [0.15, 0.2) is 0 Å². The van der Waals surface area contributed by atoms with Gasteiger partial charge in [-0.25, -0.2) is 8.42 Å². The Labute approximate surface area is 130 Å². The first kappa shape index (κ1) is 17.2. The van der Waals surface area contributed by atoms with Crippen molar-refractivity contribution in [2.24, 2.45) is 11.8 Å². The van der Waals surface area contributed by atoms with Crippen LogP contribution in [0.25, 0.3) is 0 Å². The lowest BCUT2D eigenvalue weighted by Gasteiger charge is -2.40. The first-order chi connectivity index (χ1) is 10.0. The van der Waals surface area contributed by atoms with Crippen molar-refractivity contribution >= 4 is 9.84 Å². The van der Waals surface area contributed by atoms with Crippen molar-refractivity contribution in [2.45, 2.75) is 52.0 Å². The molecule has 3 unspecified atom stereocenters. The van der Waals surface area contributed by atoms with Crippen molar-refractivity contribution in [2.75, 3.05) is 37.7 Å². The second kappa shape index (κ2) is 7.93. The topological polar surface area (TPSA) is 49.4 Å². The maximum absolute atomic E-state index is 11.6. The van der Waals surface area contributed by atoms with E-state index in [0.29, 0.717) is 23.5 Å². The minimum absolute atomic E-state index is 0.351. The summed E-state index contributed by atoms with van der Waals surface area (Å²) in [5.74, 6) is 2.26. The lowest BCUT2D eigenvalue weighted by molar-refractivity contribution is 0.143. The zero-order valence-corrected chi connectivity index (χ0v) is 14.5. The smallest absolute Gasteiger partial charge is 0.152 e. The van der Waals surface area contributed by atoms with Crippen LogP contribution >= 0.6 is 0 Å². The lowest BCUT2D eigenvalue weighted by atomic mass is 9.76. The molecule has 1 aliphatic carbocycles. The molecule has 0 amide bonds. The number of sulfone groups is 1. The molecule has 1 heterocycles. The highest BCUT2D eigenvalue weighted by molar-refractivity contribution is 7.91. The maximum Gasteiger partial charge on any atom is 0.152 e. The molecule has 5 heteroatoms. The van der Waals surface area contributed by atoms with E-state index in [-0.39, 0.29) is 0 Å². The third-order valence-electron chi connectivity index (χ3n) is 5.25. The minimum atomic E-state index is -2.76. The summed E-state index contributed by atoms with van der Waals surface area (Å²) in [5, 5.41) is 3.73. The van der Waals surface area contributed by atoms with Crippen LogP contribution in [0.3, 0.4) is 0 Å². The number of nitrogens with one attached hydrogen (secondary N) is 1. The maximum atomic E-state index is 11.6. The first-order valence-electron chi connectivity index (χ1n) is 8.70. The summed E-state index contributed by atoms with van der Waals surface area (Å²) in [6.45, 7) is 8.16. The van der Waals surface area contributed by atoms with E-state index in [9.17, 15) is 8.42 Å². The molecule has 2 rings (SSSR count). The van der Waals surface area contributed by atoms with Gasteiger partial charge in [-0.2, -0.15) is 0 Å². The molecule has 3 atom stereocenters. The molecule has 124 valence electrons. The highest BCUT2D eigenvalue weighted by Crippen LogP contribution is 2.32. The van der Waals surface area contributed by atoms with Crippen molar-refractivity contribution in [3.05, 3.63) is 0 Å². The Balaban J connectivity index is 1.89. The Morgan fingerprint density at radius 2 is 1.86 bits per heavy atom. The van der Waals surface area contributed by atoms with Gasteiger partial charge in [0, 0.05) is 25.7 Å². The van der Waals surface area contributed by atoms with Gasteiger partial charge in [-0.15, -0.1) is 0 Å². The van der Waals surface area contributed by atoms with Gasteiger partial charge in [0.05, 0.1) is 11.5 Å². The van der Waals surface area contributed by atoms with E-state index < -0.39 is 9.84 Å². The van der Waals surface area contributed by atoms with Crippen molar-refractivity contribution < 1.29 is 8.42 Å². The lowest BCUT2D eigenvalue weighted by Crippen LogP contribution is -2.49. The number of hydrogen-bond donors (Lipinski definition) is 1. The van der Waals surface area contributed by atoms with Gasteiger partial charge in [-0.05, 0) is 44.1 Å². The molecule has 0 aromatic carbocycles. The summed E-state index contributed by atoms with van der Waals surface area (Å²) in [6, 6.07) is 0.631. The largest absolute Gasteiger partial charge is 0.314 e. The molecule has 0 aromatic heterocycles. The van der Waals surface area contributed by atoms with Gasteiger partial charge in [-0.1, -0.05) is 20.3 Å². The molecule has 2 fully saturated rings. The van der Waals surface area contributed by atoms with Gasteiger partial charge in [0.25, 0.3) is 0 Å². The minimum Gasteiger partial charge on any atom is -0.314 e. The highest BCUT2D eigenvalue weighted by Gasteiger charge is 2.32. The van der Waals surface area contributed by atoms with Gasteiger partial charge < -0.3 is 10.2 Å². The average molecular weight is 317 g/mol. The molecular weight excluding hydrogens is 284 g/mol. The Kier molecular flexibility index (Phi) is 6.51. The van der Waals surface area contributed by atoms with Crippen molar-refractivity contribution in [3.63, 3.8) is 0 Å². The third-order valence-corrected chi connectivity index (χ3v) is 6.86. The van der Waals surface area contributed by atoms with E-state index in [0.717, 1.165) is 32.1 Å². The summed E-state index contributed by atoms with van der Waals surface area (Å²) >= 11 is 0. The van der Waals surface area contributed by atoms with Gasteiger partial charge in [0.2, 0.25) is 0 Å². The van der Waals surface area contributed by atoms with Gasteiger partial charge in [-0.3, -0.25) is 0 Å². The summed E-state index contributed by atoms with van der Waals surface area (Å²) in [5.41, 5.74) is 0. The van der Waals surface area contributed by atoms with E-state index in [1.807, 2.05) is 0 Å². The second-order valence-corrected chi connectivity index (χ2v) is 9.16. The molecule has 1 N–H and O–H groups in total. The zero-order valence-electron chi connectivity index (χ0n) is 13.7. The number of hydrogen-bond acceptors (Lipinski definition) is 4. The predicted octanol–water partition coefficient (Wildman–Crippen LogP) is 1.91. The fourth-order valence-corrected chi connectivity index (χ4v) is 5.07. The fourth-order valence-electron chi connectivity index (χ4n) is 3.80. The monoisotopic (exact) mass is 316 g/mol. The zero-order chi connectivity index (χ0) is 15.3. The molecule has 1 saturated heterocycles.